The molecule has 0 aromatic heterocycles. The Morgan fingerprint density at radius 1 is 0.524 bits per heavy atom. The second-order valence-corrected chi connectivity index (χ2v) is 4.99. The highest BCUT2D eigenvalue weighted by molar-refractivity contribution is 14.1. The lowest BCUT2D eigenvalue weighted by Gasteiger charge is -2.39. The molecule has 0 bridgehead atoms. The SMILES string of the molecule is FCC(F)(F)C(F)(F)C(F)(F)C(F)(F)C(F)(F)C(F)(F)I. The first-order valence-electron chi connectivity index (χ1n) is 4.33. The monoisotopic (exact) mass is 460 g/mol. The van der Waals surface area contributed by atoms with Gasteiger partial charge in [-0.1, -0.05) is 0 Å². The molecule has 0 unspecified atom stereocenters. The number of hydrogen-bond acceptors (Lipinski definition) is 0. The summed E-state index contributed by atoms with van der Waals surface area (Å²) in [5.41, 5.74) is 0. The lowest BCUT2D eigenvalue weighted by atomic mass is 9.95. The molecular formula is C7H2F13I. The highest BCUT2D eigenvalue weighted by atomic mass is 127. The lowest BCUT2D eigenvalue weighted by Crippen LogP contribution is -2.70. The van der Waals surface area contributed by atoms with E-state index >= 15 is 0 Å². The summed E-state index contributed by atoms with van der Waals surface area (Å²) < 4.78 is 156. The zero-order chi connectivity index (χ0) is 17.7. The number of hydrogen-bond donors (Lipinski definition) is 0. The van der Waals surface area contributed by atoms with Gasteiger partial charge in [-0.15, -0.1) is 0 Å². The minimum Gasteiger partial charge on any atom is -0.244 e. The smallest absolute Gasteiger partial charge is 0.244 e. The molecule has 0 spiro atoms. The quantitative estimate of drug-likeness (QED) is 0.292. The van der Waals surface area contributed by atoms with Gasteiger partial charge in [0.25, 0.3) is 0 Å². The van der Waals surface area contributed by atoms with E-state index in [4.69, 9.17) is 0 Å². The van der Waals surface area contributed by atoms with Gasteiger partial charge in [0.2, 0.25) is 0 Å². The van der Waals surface area contributed by atoms with Crippen LogP contribution >= 0.6 is 22.6 Å². The van der Waals surface area contributed by atoms with Crippen LogP contribution in [-0.2, 0) is 0 Å². The van der Waals surface area contributed by atoms with E-state index in [-0.39, 0.29) is 0 Å². The van der Waals surface area contributed by atoms with Crippen molar-refractivity contribution in [1.82, 2.24) is 0 Å². The molecule has 128 valence electrons. The van der Waals surface area contributed by atoms with E-state index < -0.39 is 62.8 Å². The fourth-order valence-electron chi connectivity index (χ4n) is 0.886. The second kappa shape index (κ2) is 5.18. The van der Waals surface area contributed by atoms with Gasteiger partial charge in [0.05, 0.1) is 0 Å². The van der Waals surface area contributed by atoms with Crippen molar-refractivity contribution < 1.29 is 57.1 Å². The predicted octanol–water partition coefficient (Wildman–Crippen LogP) is 5.16. The highest BCUT2D eigenvalue weighted by Crippen LogP contribution is 2.61. The molecule has 0 aliphatic heterocycles. The largest absolute Gasteiger partial charge is 0.387 e. The van der Waals surface area contributed by atoms with E-state index in [1.165, 1.54) is 0 Å². The molecule has 0 amide bonds. The van der Waals surface area contributed by atoms with E-state index in [1.54, 1.807) is 0 Å². The average molecular weight is 460 g/mol. The van der Waals surface area contributed by atoms with Gasteiger partial charge in [-0.05, 0) is 0 Å². The molecule has 0 aliphatic carbocycles. The Morgan fingerprint density at radius 3 is 1.05 bits per heavy atom. The Balaban J connectivity index is 6.14. The van der Waals surface area contributed by atoms with Gasteiger partial charge in [0.15, 0.2) is 6.67 Å². The Bertz CT molecular complexity index is 380. The molecule has 0 nitrogen and oxygen atoms in total. The minimum absolute atomic E-state index is 0.760. The van der Waals surface area contributed by atoms with Crippen molar-refractivity contribution in [2.45, 2.75) is 33.5 Å². The Kier molecular flexibility index (Phi) is 5.13. The molecule has 0 heterocycles. The van der Waals surface area contributed by atoms with Crippen molar-refractivity contribution >= 4 is 22.6 Å². The molecule has 0 rings (SSSR count). The Labute approximate surface area is 120 Å². The summed E-state index contributed by atoms with van der Waals surface area (Å²) in [6.07, 6.45) is 0. The molecule has 0 aromatic carbocycles. The summed E-state index contributed by atoms with van der Waals surface area (Å²) in [6.45, 7) is -3.61. The van der Waals surface area contributed by atoms with E-state index in [0.29, 0.717) is 0 Å². The third kappa shape index (κ3) is 2.75. The van der Waals surface area contributed by atoms with Gasteiger partial charge in [-0.2, -0.15) is 52.7 Å². The molecule has 14 heteroatoms. The molecule has 0 aliphatic rings. The van der Waals surface area contributed by atoms with Gasteiger partial charge in [0.1, 0.15) is 0 Å². The summed E-state index contributed by atoms with van der Waals surface area (Å²) >= 11 is -0.760. The molecule has 0 aromatic rings. The van der Waals surface area contributed by atoms with Crippen LogP contribution in [0.1, 0.15) is 0 Å². The normalized spacial score (nSPS) is 16.3. The third-order valence-corrected chi connectivity index (χ3v) is 2.84. The summed E-state index contributed by atoms with van der Waals surface area (Å²) in [4.78, 5) is 0. The molecular weight excluding hydrogens is 458 g/mol. The van der Waals surface area contributed by atoms with Crippen LogP contribution in [0.25, 0.3) is 0 Å². The molecule has 0 saturated heterocycles. The van der Waals surface area contributed by atoms with Crippen molar-refractivity contribution in [2.75, 3.05) is 6.67 Å². The fraction of sp³-hybridized carbons (Fsp3) is 1.00. The molecule has 0 saturated carbocycles. The van der Waals surface area contributed by atoms with E-state index in [1.807, 2.05) is 0 Å². The number of halogens is 14. The summed E-state index contributed by atoms with van der Waals surface area (Å²) in [6, 6.07) is 0. The molecule has 0 fully saturated rings. The molecule has 21 heavy (non-hydrogen) atoms. The Morgan fingerprint density at radius 2 is 0.810 bits per heavy atom. The first-order valence-corrected chi connectivity index (χ1v) is 5.41. The van der Waals surface area contributed by atoms with Crippen LogP contribution in [0.15, 0.2) is 0 Å². The maximum absolute atomic E-state index is 12.7. The summed E-state index contributed by atoms with van der Waals surface area (Å²) in [5.74, 6) is -36.2. The average Bonchev–Trinajstić information content (AvgIpc) is 2.26. The van der Waals surface area contributed by atoms with Crippen LogP contribution in [0, 0.1) is 0 Å². The predicted molar refractivity (Wildman–Crippen MR) is 49.7 cm³/mol. The maximum Gasteiger partial charge on any atom is 0.387 e. The number of rotatable bonds is 6. The van der Waals surface area contributed by atoms with Crippen molar-refractivity contribution in [2.24, 2.45) is 0 Å². The number of alkyl halides is 14. The molecule has 0 radical (unpaired) electrons. The topological polar surface area (TPSA) is 0 Å². The van der Waals surface area contributed by atoms with Crippen LogP contribution < -0.4 is 0 Å². The fourth-order valence-corrected chi connectivity index (χ4v) is 1.22. The van der Waals surface area contributed by atoms with Gasteiger partial charge >= 0.3 is 33.5 Å². The summed E-state index contributed by atoms with van der Waals surface area (Å²) in [7, 11) is 0. The van der Waals surface area contributed by atoms with Crippen molar-refractivity contribution in [3.8, 4) is 0 Å². The van der Waals surface area contributed by atoms with Crippen molar-refractivity contribution in [1.29, 1.82) is 0 Å². The van der Waals surface area contributed by atoms with Gasteiger partial charge in [0, 0.05) is 22.6 Å². The van der Waals surface area contributed by atoms with Crippen molar-refractivity contribution in [3.63, 3.8) is 0 Å². The molecule has 0 N–H and O–H groups in total. The van der Waals surface area contributed by atoms with Crippen LogP contribution in [0.3, 0.4) is 0 Å². The van der Waals surface area contributed by atoms with Crippen LogP contribution in [0.4, 0.5) is 57.1 Å². The van der Waals surface area contributed by atoms with Crippen LogP contribution in [0.5, 0.6) is 0 Å². The van der Waals surface area contributed by atoms with Crippen molar-refractivity contribution in [3.05, 3.63) is 0 Å². The van der Waals surface area contributed by atoms with E-state index in [2.05, 4.69) is 0 Å². The van der Waals surface area contributed by atoms with E-state index in [9.17, 15) is 57.1 Å². The zero-order valence-corrected chi connectivity index (χ0v) is 11.2. The first-order chi connectivity index (χ1) is 8.81. The van der Waals surface area contributed by atoms with Crippen LogP contribution in [0.2, 0.25) is 0 Å². The minimum atomic E-state index is -7.67. The molecule has 0 atom stereocenters. The standard InChI is InChI=1S/C7H2F13I/c8-1-2(9,10)3(11,12)4(13,14)5(15,16)6(17,18)7(19,20)21/h1H2. The first kappa shape index (κ1) is 20.8. The lowest BCUT2D eigenvalue weighted by molar-refractivity contribution is -0.415. The third-order valence-electron chi connectivity index (χ3n) is 2.17. The Hall–Kier alpha value is -0.180. The summed E-state index contributed by atoms with van der Waals surface area (Å²) in [5, 5.41) is 0. The van der Waals surface area contributed by atoms with Gasteiger partial charge < -0.3 is 0 Å². The van der Waals surface area contributed by atoms with Gasteiger partial charge in [-0.3, -0.25) is 0 Å². The maximum atomic E-state index is 12.7. The second-order valence-electron chi connectivity index (χ2n) is 3.63. The highest BCUT2D eigenvalue weighted by Gasteiger charge is 2.89. The van der Waals surface area contributed by atoms with Crippen LogP contribution in [-0.4, -0.2) is 40.2 Å². The zero-order valence-electron chi connectivity index (χ0n) is 9.00. The van der Waals surface area contributed by atoms with Gasteiger partial charge in [-0.25, -0.2) is 4.39 Å². The van der Waals surface area contributed by atoms with E-state index in [0.717, 1.165) is 0 Å².